The monoisotopic (exact) mass is 315 g/mol. The van der Waals surface area contributed by atoms with Crippen molar-refractivity contribution in [3.05, 3.63) is 22.6 Å². The minimum absolute atomic E-state index is 0.313. The summed E-state index contributed by atoms with van der Waals surface area (Å²) in [5.41, 5.74) is -2.49. The fourth-order valence-corrected chi connectivity index (χ4v) is 1.53. The Labute approximate surface area is 102 Å². The number of hydrogen-bond donors (Lipinski definition) is 0. The van der Waals surface area contributed by atoms with Gasteiger partial charge in [-0.1, -0.05) is 0 Å². The van der Waals surface area contributed by atoms with Crippen LogP contribution < -0.4 is 4.74 Å². The van der Waals surface area contributed by atoms with Crippen molar-refractivity contribution in [2.45, 2.75) is 11.8 Å². The third-order valence-corrected chi connectivity index (χ3v) is 2.69. The molecule has 0 aliphatic carbocycles. The quantitative estimate of drug-likeness (QED) is 0.786. The van der Waals surface area contributed by atoms with Gasteiger partial charge in [0.25, 0.3) is 11.5 Å². The van der Waals surface area contributed by atoms with Crippen molar-refractivity contribution in [3.63, 3.8) is 0 Å². The Morgan fingerprint density at radius 2 is 2.06 bits per heavy atom. The third kappa shape index (κ3) is 2.23. The summed E-state index contributed by atoms with van der Waals surface area (Å²) < 4.78 is 60.8. The van der Waals surface area contributed by atoms with Crippen molar-refractivity contribution in [1.82, 2.24) is 4.98 Å². The van der Waals surface area contributed by atoms with Gasteiger partial charge in [0.2, 0.25) is 0 Å². The fraction of sp³-hybridized carbons (Fsp3) is 0.444. The van der Waals surface area contributed by atoms with Crippen molar-refractivity contribution < 1.29 is 27.0 Å². The summed E-state index contributed by atoms with van der Waals surface area (Å²) >= 11 is 2.94. The van der Waals surface area contributed by atoms with Crippen molar-refractivity contribution >= 4 is 15.9 Å². The molecule has 0 amide bonds. The lowest BCUT2D eigenvalue weighted by Crippen LogP contribution is -2.64. The average molecular weight is 316 g/mol. The summed E-state index contributed by atoms with van der Waals surface area (Å²) in [6, 6.07) is 0.978. The summed E-state index contributed by atoms with van der Waals surface area (Å²) in [6.07, 6.45) is -3.48. The maximum absolute atomic E-state index is 13.3. The first-order valence-electron chi connectivity index (χ1n) is 4.49. The Balaban J connectivity index is 2.25. The van der Waals surface area contributed by atoms with E-state index in [-0.39, 0.29) is 0 Å². The highest BCUT2D eigenvalue weighted by atomic mass is 79.9. The van der Waals surface area contributed by atoms with E-state index < -0.39 is 36.7 Å². The number of halogens is 5. The Hall–Kier alpha value is -0.890. The van der Waals surface area contributed by atoms with Gasteiger partial charge in [-0.2, -0.15) is 13.2 Å². The number of rotatable bonds is 2. The highest BCUT2D eigenvalue weighted by molar-refractivity contribution is 9.10. The molecule has 0 spiro atoms. The van der Waals surface area contributed by atoms with Crippen molar-refractivity contribution in [3.8, 4) is 5.88 Å². The number of alkyl halides is 3. The normalized spacial score (nSPS) is 18.6. The van der Waals surface area contributed by atoms with E-state index in [2.05, 4.69) is 30.4 Å². The van der Waals surface area contributed by atoms with Crippen LogP contribution in [0.1, 0.15) is 0 Å². The molecule has 0 N–H and O–H groups in total. The molecule has 1 aromatic heterocycles. The lowest BCUT2D eigenvalue weighted by molar-refractivity contribution is -0.323. The molecule has 3 nitrogen and oxygen atoms in total. The van der Waals surface area contributed by atoms with Gasteiger partial charge in [0.1, 0.15) is 0 Å². The molecule has 0 unspecified atom stereocenters. The fourth-order valence-electron chi connectivity index (χ4n) is 1.23. The zero-order valence-corrected chi connectivity index (χ0v) is 9.81. The Morgan fingerprint density at radius 3 is 2.47 bits per heavy atom. The summed E-state index contributed by atoms with van der Waals surface area (Å²) in [5.74, 6) is -1.65. The Morgan fingerprint density at radius 1 is 1.41 bits per heavy atom. The van der Waals surface area contributed by atoms with E-state index in [1.54, 1.807) is 0 Å². The van der Waals surface area contributed by atoms with Crippen molar-refractivity contribution in [2.24, 2.45) is 0 Å². The molecule has 0 saturated carbocycles. The van der Waals surface area contributed by atoms with Gasteiger partial charge in [-0.05, 0) is 22.0 Å². The van der Waals surface area contributed by atoms with Crippen LogP contribution >= 0.6 is 15.9 Å². The van der Waals surface area contributed by atoms with Crippen LogP contribution in [0.5, 0.6) is 5.88 Å². The van der Waals surface area contributed by atoms with Crippen LogP contribution in [0.4, 0.5) is 17.6 Å². The largest absolute Gasteiger partial charge is 0.454 e. The molecular formula is C9H6BrF4NO2. The topological polar surface area (TPSA) is 31.4 Å². The number of ether oxygens (including phenoxy) is 2. The second kappa shape index (κ2) is 4.09. The van der Waals surface area contributed by atoms with E-state index in [0.717, 1.165) is 12.3 Å². The number of nitrogens with zero attached hydrogens (tertiary/aromatic N) is 1. The van der Waals surface area contributed by atoms with Crippen LogP contribution in [0, 0.1) is 5.82 Å². The highest BCUT2D eigenvalue weighted by Crippen LogP contribution is 2.40. The van der Waals surface area contributed by atoms with E-state index in [0.29, 0.717) is 4.47 Å². The van der Waals surface area contributed by atoms with Crippen LogP contribution in [-0.4, -0.2) is 30.0 Å². The standard InChI is InChI=1S/C9H6BrF4NO2/c10-5-1-6(11)7(15-2-5)17-8(3-16-4-8)9(12,13)14/h1-2H,3-4H2. The van der Waals surface area contributed by atoms with Crippen molar-refractivity contribution in [1.29, 1.82) is 0 Å². The maximum Gasteiger partial charge on any atom is 0.432 e. The summed E-state index contributed by atoms with van der Waals surface area (Å²) in [4.78, 5) is 3.46. The molecule has 1 saturated heterocycles. The third-order valence-electron chi connectivity index (χ3n) is 2.25. The molecule has 94 valence electrons. The molecule has 17 heavy (non-hydrogen) atoms. The molecular weight excluding hydrogens is 310 g/mol. The van der Waals surface area contributed by atoms with Gasteiger partial charge in [0, 0.05) is 10.7 Å². The first-order chi connectivity index (χ1) is 7.84. The van der Waals surface area contributed by atoms with Crippen LogP contribution in [-0.2, 0) is 4.74 Å². The molecule has 8 heteroatoms. The molecule has 0 atom stereocenters. The average Bonchev–Trinajstić information content (AvgIpc) is 2.11. The number of hydrogen-bond acceptors (Lipinski definition) is 3. The maximum atomic E-state index is 13.3. The Kier molecular flexibility index (Phi) is 3.03. The predicted molar refractivity (Wildman–Crippen MR) is 52.1 cm³/mol. The highest BCUT2D eigenvalue weighted by Gasteiger charge is 2.63. The summed E-state index contributed by atoms with van der Waals surface area (Å²) in [6.45, 7) is -1.32. The van der Waals surface area contributed by atoms with Gasteiger partial charge in [0.15, 0.2) is 5.82 Å². The number of aromatic nitrogens is 1. The molecule has 1 aromatic rings. The first-order valence-corrected chi connectivity index (χ1v) is 5.28. The van der Waals surface area contributed by atoms with Gasteiger partial charge >= 0.3 is 6.18 Å². The first kappa shape index (κ1) is 12.6. The van der Waals surface area contributed by atoms with Crippen LogP contribution in [0.2, 0.25) is 0 Å². The minimum atomic E-state index is -4.63. The van der Waals surface area contributed by atoms with Crippen LogP contribution in [0.3, 0.4) is 0 Å². The lowest BCUT2D eigenvalue weighted by atomic mass is 10.0. The van der Waals surface area contributed by atoms with Crippen LogP contribution in [0.15, 0.2) is 16.7 Å². The second-order valence-corrected chi connectivity index (χ2v) is 4.44. The molecule has 2 heterocycles. The smallest absolute Gasteiger partial charge is 0.432 e. The zero-order chi connectivity index (χ0) is 12.7. The molecule has 0 radical (unpaired) electrons. The molecule has 0 bridgehead atoms. The molecule has 0 aromatic carbocycles. The van der Waals surface area contributed by atoms with E-state index in [1.165, 1.54) is 0 Å². The van der Waals surface area contributed by atoms with Gasteiger partial charge in [-0.3, -0.25) is 0 Å². The van der Waals surface area contributed by atoms with Gasteiger partial charge < -0.3 is 9.47 Å². The van der Waals surface area contributed by atoms with E-state index in [1.807, 2.05) is 0 Å². The van der Waals surface area contributed by atoms with Crippen LogP contribution in [0.25, 0.3) is 0 Å². The van der Waals surface area contributed by atoms with E-state index in [4.69, 9.17) is 0 Å². The summed E-state index contributed by atoms with van der Waals surface area (Å²) in [5, 5.41) is 0. The molecule has 1 aliphatic rings. The lowest BCUT2D eigenvalue weighted by Gasteiger charge is -2.41. The zero-order valence-electron chi connectivity index (χ0n) is 8.22. The van der Waals surface area contributed by atoms with Gasteiger partial charge in [0.05, 0.1) is 13.2 Å². The van der Waals surface area contributed by atoms with E-state index >= 15 is 0 Å². The minimum Gasteiger partial charge on any atom is -0.454 e. The predicted octanol–water partition coefficient (Wildman–Crippen LogP) is 2.69. The van der Waals surface area contributed by atoms with Crippen molar-refractivity contribution in [2.75, 3.05) is 13.2 Å². The SMILES string of the molecule is Fc1cc(Br)cnc1OC1(C(F)(F)F)COC1. The van der Waals surface area contributed by atoms with E-state index in [9.17, 15) is 17.6 Å². The van der Waals surface area contributed by atoms with Gasteiger partial charge in [-0.25, -0.2) is 9.37 Å². The molecule has 2 rings (SSSR count). The summed E-state index contributed by atoms with van der Waals surface area (Å²) in [7, 11) is 0. The van der Waals surface area contributed by atoms with Gasteiger partial charge in [-0.15, -0.1) is 0 Å². The second-order valence-electron chi connectivity index (χ2n) is 3.53. The molecule has 1 aliphatic heterocycles. The number of pyridine rings is 1. The Bertz CT molecular complexity index is 433. The molecule has 1 fully saturated rings.